The minimum absolute atomic E-state index is 0.0328. The van der Waals surface area contributed by atoms with Gasteiger partial charge in [-0.25, -0.2) is 16.8 Å². The number of sulfonamides is 1. The first kappa shape index (κ1) is 21.5. The van der Waals surface area contributed by atoms with Crippen molar-refractivity contribution in [2.75, 3.05) is 16.3 Å². The number of hydrogen-bond donors (Lipinski definition) is 2. The number of nitrogens with one attached hydrogen (secondary N) is 2. The Hall–Kier alpha value is -3.17. The maximum absolute atomic E-state index is 12.9. The normalized spacial score (nSPS) is 11.7. The van der Waals surface area contributed by atoms with Crippen molar-refractivity contribution >= 4 is 37.1 Å². The van der Waals surface area contributed by atoms with E-state index in [0.29, 0.717) is 5.69 Å². The summed E-state index contributed by atoms with van der Waals surface area (Å²) in [6, 6.07) is 18.5. The van der Waals surface area contributed by atoms with Gasteiger partial charge in [-0.2, -0.15) is 0 Å². The molecule has 3 aromatic carbocycles. The van der Waals surface area contributed by atoms with Gasteiger partial charge in [0.2, 0.25) is 0 Å². The lowest BCUT2D eigenvalue weighted by Crippen LogP contribution is -2.20. The molecule has 0 spiro atoms. The SMILES string of the molecule is Cc1ccc(NC(=O)c2ccccc2NS(=O)(=O)c2ccccc2S(C)(=O)=O)cc1. The van der Waals surface area contributed by atoms with Crippen LogP contribution in [0.2, 0.25) is 0 Å². The zero-order chi connectivity index (χ0) is 21.9. The number of carbonyl (C=O) groups is 1. The number of hydrogen-bond acceptors (Lipinski definition) is 5. The maximum Gasteiger partial charge on any atom is 0.263 e. The maximum atomic E-state index is 12.9. The second-order valence-electron chi connectivity index (χ2n) is 6.69. The molecule has 0 bridgehead atoms. The molecule has 0 heterocycles. The number of carbonyl (C=O) groups excluding carboxylic acids is 1. The second-order valence-corrected chi connectivity index (χ2v) is 10.3. The molecule has 0 atom stereocenters. The lowest BCUT2D eigenvalue weighted by Gasteiger charge is -2.14. The van der Waals surface area contributed by atoms with Gasteiger partial charge in [0, 0.05) is 11.9 Å². The van der Waals surface area contributed by atoms with E-state index in [2.05, 4.69) is 10.0 Å². The molecule has 0 aliphatic carbocycles. The summed E-state index contributed by atoms with van der Waals surface area (Å²) in [6.45, 7) is 1.92. The summed E-state index contributed by atoms with van der Waals surface area (Å²) in [4.78, 5) is 12.0. The number of para-hydroxylation sites is 1. The zero-order valence-electron chi connectivity index (χ0n) is 16.3. The average Bonchev–Trinajstić information content (AvgIpc) is 2.69. The monoisotopic (exact) mass is 444 g/mol. The van der Waals surface area contributed by atoms with Crippen LogP contribution in [-0.4, -0.2) is 29.0 Å². The number of rotatable bonds is 6. The Morgan fingerprint density at radius 1 is 0.767 bits per heavy atom. The van der Waals surface area contributed by atoms with Crippen LogP contribution in [0.25, 0.3) is 0 Å². The van der Waals surface area contributed by atoms with Gasteiger partial charge in [-0.1, -0.05) is 42.0 Å². The van der Waals surface area contributed by atoms with Crippen LogP contribution in [0.3, 0.4) is 0 Å². The Kier molecular flexibility index (Phi) is 5.95. The molecule has 0 saturated carbocycles. The first-order chi connectivity index (χ1) is 14.1. The second kappa shape index (κ2) is 8.29. The minimum atomic E-state index is -4.27. The molecule has 7 nitrogen and oxygen atoms in total. The highest BCUT2D eigenvalue weighted by Gasteiger charge is 2.25. The number of sulfone groups is 1. The van der Waals surface area contributed by atoms with Crippen molar-refractivity contribution in [1.29, 1.82) is 0 Å². The van der Waals surface area contributed by atoms with Gasteiger partial charge in [0.15, 0.2) is 9.84 Å². The van der Waals surface area contributed by atoms with Gasteiger partial charge in [-0.05, 0) is 43.3 Å². The van der Waals surface area contributed by atoms with E-state index in [1.807, 2.05) is 19.1 Å². The van der Waals surface area contributed by atoms with Gasteiger partial charge in [0.1, 0.15) is 4.90 Å². The highest BCUT2D eigenvalue weighted by molar-refractivity contribution is 7.95. The smallest absolute Gasteiger partial charge is 0.263 e. The third-order valence-corrected chi connectivity index (χ3v) is 6.97. The fraction of sp³-hybridized carbons (Fsp3) is 0.0952. The molecule has 30 heavy (non-hydrogen) atoms. The molecule has 0 aliphatic rings. The van der Waals surface area contributed by atoms with Crippen LogP contribution < -0.4 is 10.0 Å². The molecule has 0 saturated heterocycles. The standard InChI is InChI=1S/C21H20N2O5S2/c1-15-11-13-16(14-12-15)22-21(24)17-7-3-4-8-18(17)23-30(27,28)20-10-6-5-9-19(20)29(2,25)26/h3-14,23H,1-2H3,(H,22,24). The summed E-state index contributed by atoms with van der Waals surface area (Å²) >= 11 is 0. The van der Waals surface area contributed by atoms with E-state index >= 15 is 0 Å². The summed E-state index contributed by atoms with van der Waals surface area (Å²) in [5, 5.41) is 2.72. The van der Waals surface area contributed by atoms with Gasteiger partial charge >= 0.3 is 0 Å². The van der Waals surface area contributed by atoms with Crippen molar-refractivity contribution in [2.24, 2.45) is 0 Å². The van der Waals surface area contributed by atoms with Crippen LogP contribution in [0, 0.1) is 6.92 Å². The van der Waals surface area contributed by atoms with E-state index in [4.69, 9.17) is 0 Å². The van der Waals surface area contributed by atoms with Gasteiger partial charge in [0.25, 0.3) is 15.9 Å². The summed E-state index contributed by atoms with van der Waals surface area (Å²) in [7, 11) is -8.05. The molecular weight excluding hydrogens is 424 g/mol. The van der Waals surface area contributed by atoms with Crippen molar-refractivity contribution in [3.8, 4) is 0 Å². The van der Waals surface area contributed by atoms with E-state index in [1.165, 1.54) is 36.4 Å². The van der Waals surface area contributed by atoms with E-state index < -0.39 is 25.8 Å². The van der Waals surface area contributed by atoms with Gasteiger partial charge in [0.05, 0.1) is 16.1 Å². The molecule has 156 valence electrons. The van der Waals surface area contributed by atoms with E-state index in [0.717, 1.165) is 11.8 Å². The Balaban J connectivity index is 1.95. The highest BCUT2D eigenvalue weighted by Crippen LogP contribution is 2.25. The largest absolute Gasteiger partial charge is 0.322 e. The Morgan fingerprint density at radius 3 is 1.97 bits per heavy atom. The number of anilines is 2. The zero-order valence-corrected chi connectivity index (χ0v) is 17.9. The molecule has 0 aromatic heterocycles. The molecule has 3 aromatic rings. The van der Waals surface area contributed by atoms with Crippen molar-refractivity contribution in [2.45, 2.75) is 16.7 Å². The molecule has 3 rings (SSSR count). The van der Waals surface area contributed by atoms with Crippen molar-refractivity contribution in [3.05, 3.63) is 83.9 Å². The van der Waals surface area contributed by atoms with Crippen molar-refractivity contribution in [3.63, 3.8) is 0 Å². The van der Waals surface area contributed by atoms with Crippen LogP contribution in [0.4, 0.5) is 11.4 Å². The van der Waals surface area contributed by atoms with Crippen LogP contribution >= 0.6 is 0 Å². The third-order valence-electron chi connectivity index (χ3n) is 4.26. The van der Waals surface area contributed by atoms with E-state index in [1.54, 1.807) is 24.3 Å². The molecule has 1 amide bonds. The van der Waals surface area contributed by atoms with Crippen LogP contribution in [-0.2, 0) is 19.9 Å². The molecular formula is C21H20N2O5S2. The quantitative estimate of drug-likeness (QED) is 0.605. The first-order valence-corrected chi connectivity index (χ1v) is 12.2. The average molecular weight is 445 g/mol. The molecule has 9 heteroatoms. The Bertz CT molecular complexity index is 1300. The minimum Gasteiger partial charge on any atom is -0.322 e. The number of benzene rings is 3. The molecule has 2 N–H and O–H groups in total. The lowest BCUT2D eigenvalue weighted by molar-refractivity contribution is 0.102. The Morgan fingerprint density at radius 2 is 1.33 bits per heavy atom. The van der Waals surface area contributed by atoms with Crippen LogP contribution in [0.5, 0.6) is 0 Å². The highest BCUT2D eigenvalue weighted by atomic mass is 32.2. The first-order valence-electron chi connectivity index (χ1n) is 8.87. The predicted octanol–water partition coefficient (Wildman–Crippen LogP) is 3.45. The Labute approximate surface area is 175 Å². The summed E-state index contributed by atoms with van der Waals surface area (Å²) < 4.78 is 52.2. The molecule has 0 fully saturated rings. The summed E-state index contributed by atoms with van der Waals surface area (Å²) in [6.07, 6.45) is 0.935. The third kappa shape index (κ3) is 4.87. The fourth-order valence-corrected chi connectivity index (χ4v) is 5.49. The number of aryl methyl sites for hydroxylation is 1. The molecule has 0 aliphatic heterocycles. The topological polar surface area (TPSA) is 109 Å². The van der Waals surface area contributed by atoms with Crippen LogP contribution in [0.15, 0.2) is 82.6 Å². The van der Waals surface area contributed by atoms with Crippen molar-refractivity contribution in [1.82, 2.24) is 0 Å². The summed E-state index contributed by atoms with van der Waals surface area (Å²) in [5.74, 6) is -0.506. The molecule has 0 radical (unpaired) electrons. The summed E-state index contributed by atoms with van der Waals surface area (Å²) in [5.41, 5.74) is 1.72. The number of amides is 1. The van der Waals surface area contributed by atoms with Gasteiger partial charge in [-0.3, -0.25) is 9.52 Å². The van der Waals surface area contributed by atoms with Gasteiger partial charge in [-0.15, -0.1) is 0 Å². The predicted molar refractivity (Wildman–Crippen MR) is 116 cm³/mol. The van der Waals surface area contributed by atoms with E-state index in [9.17, 15) is 21.6 Å². The van der Waals surface area contributed by atoms with Crippen LogP contribution in [0.1, 0.15) is 15.9 Å². The molecule has 0 unspecified atom stereocenters. The van der Waals surface area contributed by atoms with Gasteiger partial charge < -0.3 is 5.32 Å². The van der Waals surface area contributed by atoms with E-state index in [-0.39, 0.29) is 21.0 Å². The fourth-order valence-electron chi connectivity index (χ4n) is 2.78. The van der Waals surface area contributed by atoms with Crippen molar-refractivity contribution < 1.29 is 21.6 Å². The lowest BCUT2D eigenvalue weighted by atomic mass is 10.1.